The number of nitrogens with two attached hydrogens (primary N) is 1. The Morgan fingerprint density at radius 1 is 1.35 bits per heavy atom. The number of benzene rings is 1. The van der Waals surface area contributed by atoms with Crippen LogP contribution in [0.4, 0.5) is 0 Å². The zero-order valence-corrected chi connectivity index (χ0v) is 9.34. The van der Waals surface area contributed by atoms with Gasteiger partial charge in [0.2, 0.25) is 0 Å². The molecular weight excluding hydrogens is 216 g/mol. The minimum absolute atomic E-state index is 0.0339. The van der Waals surface area contributed by atoms with E-state index >= 15 is 0 Å². The lowest BCUT2D eigenvalue weighted by atomic mass is 9.93. The molecule has 1 unspecified atom stereocenters. The maximum absolute atomic E-state index is 10.8. The first kappa shape index (κ1) is 11.5. The number of aromatic nitrogens is 1. The Labute approximate surface area is 99.1 Å². The molecule has 0 aliphatic rings. The molecule has 2 aromatic rings. The van der Waals surface area contributed by atoms with Crippen LogP contribution in [0.25, 0.3) is 10.8 Å². The fraction of sp³-hybridized carbons (Fsp3) is 0.231. The van der Waals surface area contributed by atoms with Crippen molar-refractivity contribution in [2.75, 3.05) is 6.54 Å². The van der Waals surface area contributed by atoms with Gasteiger partial charge in [-0.15, -0.1) is 0 Å². The van der Waals surface area contributed by atoms with Crippen LogP contribution in [-0.4, -0.2) is 22.6 Å². The molecule has 0 saturated carbocycles. The van der Waals surface area contributed by atoms with Gasteiger partial charge in [-0.1, -0.05) is 24.3 Å². The quantitative estimate of drug-likeness (QED) is 0.839. The molecule has 0 bridgehead atoms. The highest BCUT2D eigenvalue weighted by Crippen LogP contribution is 2.26. The molecule has 1 aromatic heterocycles. The van der Waals surface area contributed by atoms with E-state index in [-0.39, 0.29) is 12.3 Å². The number of pyridine rings is 1. The molecule has 1 heterocycles. The van der Waals surface area contributed by atoms with Crippen molar-refractivity contribution in [2.24, 2.45) is 5.73 Å². The lowest BCUT2D eigenvalue weighted by Crippen LogP contribution is -2.16. The molecule has 0 saturated heterocycles. The fourth-order valence-corrected chi connectivity index (χ4v) is 2.00. The zero-order valence-electron chi connectivity index (χ0n) is 9.34. The molecule has 4 heteroatoms. The normalized spacial score (nSPS) is 12.5. The lowest BCUT2D eigenvalue weighted by Gasteiger charge is -2.14. The van der Waals surface area contributed by atoms with Crippen molar-refractivity contribution in [1.82, 2.24) is 4.98 Å². The van der Waals surface area contributed by atoms with Gasteiger partial charge in [-0.25, -0.2) is 0 Å². The highest BCUT2D eigenvalue weighted by atomic mass is 16.4. The van der Waals surface area contributed by atoms with E-state index in [2.05, 4.69) is 4.98 Å². The second kappa shape index (κ2) is 4.93. The third-order valence-electron chi connectivity index (χ3n) is 2.84. The van der Waals surface area contributed by atoms with Crippen LogP contribution in [-0.2, 0) is 4.79 Å². The fourth-order valence-electron chi connectivity index (χ4n) is 2.00. The average Bonchev–Trinajstić information content (AvgIpc) is 2.35. The summed E-state index contributed by atoms with van der Waals surface area (Å²) in [6.07, 6.45) is 3.52. The predicted molar refractivity (Wildman–Crippen MR) is 65.8 cm³/mol. The summed E-state index contributed by atoms with van der Waals surface area (Å²) in [5.74, 6) is -1.03. The van der Waals surface area contributed by atoms with Crippen molar-refractivity contribution >= 4 is 16.7 Å². The van der Waals surface area contributed by atoms with Gasteiger partial charge in [-0.2, -0.15) is 0 Å². The third-order valence-corrected chi connectivity index (χ3v) is 2.84. The van der Waals surface area contributed by atoms with Gasteiger partial charge in [0.05, 0.1) is 6.42 Å². The summed E-state index contributed by atoms with van der Waals surface area (Å²) in [6.45, 7) is 0.308. The Kier molecular flexibility index (Phi) is 3.35. The molecular formula is C13H14N2O2. The summed E-state index contributed by atoms with van der Waals surface area (Å²) >= 11 is 0. The molecule has 0 aliphatic heterocycles. The standard InChI is InChI=1S/C13H14N2O2/c14-6-10(5-13(16)17)12-8-15-7-9-3-1-2-4-11(9)12/h1-4,7-8,10H,5-6,14H2,(H,16,17). The number of carboxylic acids is 1. The minimum atomic E-state index is -0.839. The molecule has 0 spiro atoms. The van der Waals surface area contributed by atoms with Crippen LogP contribution < -0.4 is 5.73 Å². The number of rotatable bonds is 4. The van der Waals surface area contributed by atoms with E-state index in [1.165, 1.54) is 0 Å². The molecule has 0 aliphatic carbocycles. The second-order valence-electron chi connectivity index (χ2n) is 3.98. The van der Waals surface area contributed by atoms with E-state index in [0.29, 0.717) is 6.54 Å². The monoisotopic (exact) mass is 230 g/mol. The highest BCUT2D eigenvalue weighted by Gasteiger charge is 2.16. The Balaban J connectivity index is 2.49. The van der Waals surface area contributed by atoms with Gasteiger partial charge in [0, 0.05) is 23.7 Å². The Morgan fingerprint density at radius 3 is 2.82 bits per heavy atom. The first-order valence-corrected chi connectivity index (χ1v) is 5.47. The molecule has 0 amide bonds. The molecule has 0 radical (unpaired) electrons. The molecule has 88 valence electrons. The number of carbonyl (C=O) groups is 1. The van der Waals surface area contributed by atoms with Crippen LogP contribution in [0, 0.1) is 0 Å². The van der Waals surface area contributed by atoms with Crippen molar-refractivity contribution in [3.63, 3.8) is 0 Å². The number of hydrogen-bond acceptors (Lipinski definition) is 3. The molecule has 3 N–H and O–H groups in total. The van der Waals surface area contributed by atoms with E-state index in [1.54, 1.807) is 12.4 Å². The first-order valence-electron chi connectivity index (χ1n) is 5.47. The topological polar surface area (TPSA) is 76.2 Å². The number of nitrogens with zero attached hydrogens (tertiary/aromatic N) is 1. The number of hydrogen-bond donors (Lipinski definition) is 2. The molecule has 17 heavy (non-hydrogen) atoms. The van der Waals surface area contributed by atoms with E-state index < -0.39 is 5.97 Å². The van der Waals surface area contributed by atoms with Gasteiger partial charge < -0.3 is 10.8 Å². The van der Waals surface area contributed by atoms with Gasteiger partial charge in [-0.05, 0) is 17.5 Å². The molecule has 1 atom stereocenters. The van der Waals surface area contributed by atoms with Gasteiger partial charge in [-0.3, -0.25) is 9.78 Å². The highest BCUT2D eigenvalue weighted by molar-refractivity contribution is 5.85. The predicted octanol–water partition coefficient (Wildman–Crippen LogP) is 1.75. The molecule has 1 aromatic carbocycles. The van der Waals surface area contributed by atoms with Crippen LogP contribution in [0.15, 0.2) is 36.7 Å². The van der Waals surface area contributed by atoms with Gasteiger partial charge in [0.25, 0.3) is 0 Å². The maximum atomic E-state index is 10.8. The summed E-state index contributed by atoms with van der Waals surface area (Å²) in [6, 6.07) is 7.79. The van der Waals surface area contributed by atoms with Gasteiger partial charge in [0.1, 0.15) is 0 Å². The minimum Gasteiger partial charge on any atom is -0.481 e. The summed E-state index contributed by atoms with van der Waals surface area (Å²) in [5.41, 5.74) is 6.56. The largest absolute Gasteiger partial charge is 0.481 e. The second-order valence-corrected chi connectivity index (χ2v) is 3.98. The van der Waals surface area contributed by atoms with Gasteiger partial charge in [0.15, 0.2) is 0 Å². The Hall–Kier alpha value is -1.94. The first-order chi connectivity index (χ1) is 8.22. The lowest BCUT2D eigenvalue weighted by molar-refractivity contribution is -0.137. The smallest absolute Gasteiger partial charge is 0.304 e. The molecule has 4 nitrogen and oxygen atoms in total. The van der Waals surface area contributed by atoms with Crippen LogP contribution in [0.5, 0.6) is 0 Å². The van der Waals surface area contributed by atoms with E-state index in [1.807, 2.05) is 24.3 Å². The van der Waals surface area contributed by atoms with E-state index in [0.717, 1.165) is 16.3 Å². The van der Waals surface area contributed by atoms with Crippen LogP contribution in [0.1, 0.15) is 17.9 Å². The van der Waals surface area contributed by atoms with Crippen LogP contribution >= 0.6 is 0 Å². The summed E-state index contributed by atoms with van der Waals surface area (Å²) in [4.78, 5) is 14.9. The maximum Gasteiger partial charge on any atom is 0.304 e. The SMILES string of the molecule is NCC(CC(=O)O)c1cncc2ccccc12. The van der Waals surface area contributed by atoms with E-state index in [9.17, 15) is 4.79 Å². The summed E-state index contributed by atoms with van der Waals surface area (Å²) in [7, 11) is 0. The Morgan fingerprint density at radius 2 is 2.12 bits per heavy atom. The van der Waals surface area contributed by atoms with Crippen LogP contribution in [0.2, 0.25) is 0 Å². The van der Waals surface area contributed by atoms with Gasteiger partial charge >= 0.3 is 5.97 Å². The van der Waals surface area contributed by atoms with Crippen molar-refractivity contribution in [1.29, 1.82) is 0 Å². The van der Waals surface area contributed by atoms with Crippen molar-refractivity contribution in [3.05, 3.63) is 42.2 Å². The number of aliphatic carboxylic acids is 1. The summed E-state index contributed by atoms with van der Waals surface area (Å²) < 4.78 is 0. The third kappa shape index (κ3) is 2.42. The van der Waals surface area contributed by atoms with Crippen LogP contribution in [0.3, 0.4) is 0 Å². The zero-order chi connectivity index (χ0) is 12.3. The number of carboxylic acid groups (broad SMARTS) is 1. The number of fused-ring (bicyclic) bond motifs is 1. The Bertz CT molecular complexity index is 534. The average molecular weight is 230 g/mol. The van der Waals surface area contributed by atoms with E-state index in [4.69, 9.17) is 10.8 Å². The van der Waals surface area contributed by atoms with Crippen molar-refractivity contribution < 1.29 is 9.90 Å². The van der Waals surface area contributed by atoms with Crippen molar-refractivity contribution in [3.8, 4) is 0 Å². The molecule has 2 rings (SSSR count). The summed E-state index contributed by atoms with van der Waals surface area (Å²) in [5, 5.41) is 10.9. The molecule has 0 fully saturated rings. The van der Waals surface area contributed by atoms with Crippen molar-refractivity contribution in [2.45, 2.75) is 12.3 Å².